The fourth-order valence-corrected chi connectivity index (χ4v) is 2.30. The highest BCUT2D eigenvalue weighted by molar-refractivity contribution is 8.00. The molecule has 0 saturated heterocycles. The number of carbonyl (C=O) groups excluding carboxylic acids is 1. The van der Waals surface area contributed by atoms with E-state index >= 15 is 0 Å². The molecule has 0 spiro atoms. The molecular weight excluding hydrogens is 319 g/mol. The van der Waals surface area contributed by atoms with Gasteiger partial charge in [0.05, 0.1) is 10.8 Å². The molecule has 118 valence electrons. The second kappa shape index (κ2) is 6.34. The second-order valence-electron chi connectivity index (χ2n) is 4.41. The number of aromatic nitrogens is 4. The number of aryl methyl sites for hydroxylation is 1. The summed E-state index contributed by atoms with van der Waals surface area (Å²) in [5.41, 5.74) is -0.730. The normalized spacial score (nSPS) is 13.0. The third-order valence-corrected chi connectivity index (χ3v) is 3.81. The van der Waals surface area contributed by atoms with Crippen LogP contribution in [0.25, 0.3) is 0 Å². The summed E-state index contributed by atoms with van der Waals surface area (Å²) in [4.78, 5) is 12.0. The van der Waals surface area contributed by atoms with E-state index in [0.717, 1.165) is 23.9 Å². The average Bonchev–Trinajstić information content (AvgIpc) is 2.83. The number of alkyl halides is 3. The van der Waals surface area contributed by atoms with Crippen molar-refractivity contribution in [3.63, 3.8) is 0 Å². The van der Waals surface area contributed by atoms with E-state index in [2.05, 4.69) is 20.8 Å². The topological polar surface area (TPSA) is 72.7 Å². The Kier molecular flexibility index (Phi) is 4.69. The van der Waals surface area contributed by atoms with Crippen LogP contribution in [-0.4, -0.2) is 31.4 Å². The number of hydrogen-bond donors (Lipinski definition) is 1. The Morgan fingerprint density at radius 2 is 2.14 bits per heavy atom. The minimum Gasteiger partial charge on any atom is -0.325 e. The summed E-state index contributed by atoms with van der Waals surface area (Å²) < 4.78 is 39.3. The van der Waals surface area contributed by atoms with Crippen molar-refractivity contribution in [3.05, 3.63) is 29.8 Å². The van der Waals surface area contributed by atoms with Crippen molar-refractivity contribution in [2.75, 3.05) is 5.32 Å². The molecule has 1 aromatic heterocycles. The monoisotopic (exact) mass is 331 g/mol. The third-order valence-electron chi connectivity index (χ3n) is 2.69. The van der Waals surface area contributed by atoms with Gasteiger partial charge in [-0.3, -0.25) is 4.79 Å². The number of nitrogens with one attached hydrogen (secondary N) is 1. The van der Waals surface area contributed by atoms with Crippen molar-refractivity contribution in [1.29, 1.82) is 0 Å². The predicted octanol–water partition coefficient (Wildman–Crippen LogP) is 2.35. The molecule has 1 amide bonds. The fraction of sp³-hybridized carbons (Fsp3) is 0.333. The van der Waals surface area contributed by atoms with Crippen LogP contribution in [0.1, 0.15) is 12.5 Å². The summed E-state index contributed by atoms with van der Waals surface area (Å²) in [5, 5.41) is 13.1. The molecule has 0 fully saturated rings. The minimum atomic E-state index is -4.45. The number of halogens is 3. The van der Waals surface area contributed by atoms with Gasteiger partial charge in [-0.15, -0.1) is 5.10 Å². The number of tetrazole rings is 1. The smallest absolute Gasteiger partial charge is 0.325 e. The Labute approximate surface area is 128 Å². The molecular formula is C12H12F3N5OS. The van der Waals surface area contributed by atoms with Crippen molar-refractivity contribution in [2.45, 2.75) is 23.5 Å². The van der Waals surface area contributed by atoms with Gasteiger partial charge in [0.1, 0.15) is 0 Å². The van der Waals surface area contributed by atoms with Gasteiger partial charge in [0.25, 0.3) is 0 Å². The lowest BCUT2D eigenvalue weighted by Crippen LogP contribution is -2.23. The Morgan fingerprint density at radius 1 is 1.41 bits per heavy atom. The van der Waals surface area contributed by atoms with Crippen LogP contribution in [-0.2, 0) is 18.0 Å². The van der Waals surface area contributed by atoms with E-state index in [1.165, 1.54) is 16.8 Å². The molecule has 0 aliphatic carbocycles. The molecule has 1 unspecified atom stereocenters. The number of amides is 1. The van der Waals surface area contributed by atoms with Crippen LogP contribution in [0.2, 0.25) is 0 Å². The van der Waals surface area contributed by atoms with E-state index in [1.807, 2.05) is 0 Å². The van der Waals surface area contributed by atoms with Gasteiger partial charge in [-0.25, -0.2) is 4.68 Å². The third kappa shape index (κ3) is 3.97. The maximum absolute atomic E-state index is 12.6. The summed E-state index contributed by atoms with van der Waals surface area (Å²) in [6, 6.07) is 4.47. The van der Waals surface area contributed by atoms with E-state index < -0.39 is 22.9 Å². The van der Waals surface area contributed by atoms with Crippen molar-refractivity contribution < 1.29 is 18.0 Å². The fourth-order valence-electron chi connectivity index (χ4n) is 1.55. The standard InChI is InChI=1S/C12H12F3N5OS/c1-7(22-11-17-18-19-20(11)2)10(21)16-9-5-3-4-8(6-9)12(13,14)15/h3-7H,1-2H3,(H,16,21). The van der Waals surface area contributed by atoms with Crippen molar-refractivity contribution >= 4 is 23.4 Å². The Morgan fingerprint density at radius 3 is 2.73 bits per heavy atom. The minimum absolute atomic E-state index is 0.0864. The summed E-state index contributed by atoms with van der Waals surface area (Å²) in [6.07, 6.45) is -4.45. The number of rotatable bonds is 4. The van der Waals surface area contributed by atoms with E-state index in [0.29, 0.717) is 5.16 Å². The molecule has 0 saturated carbocycles. The molecule has 22 heavy (non-hydrogen) atoms. The lowest BCUT2D eigenvalue weighted by Gasteiger charge is -2.12. The highest BCUT2D eigenvalue weighted by Gasteiger charge is 2.30. The van der Waals surface area contributed by atoms with Crippen LogP contribution in [0.3, 0.4) is 0 Å². The molecule has 6 nitrogen and oxygen atoms in total. The van der Waals surface area contributed by atoms with Gasteiger partial charge in [0.2, 0.25) is 11.1 Å². The van der Waals surface area contributed by atoms with Crippen LogP contribution in [0.5, 0.6) is 0 Å². The molecule has 1 N–H and O–H groups in total. The number of benzene rings is 1. The zero-order chi connectivity index (χ0) is 16.3. The largest absolute Gasteiger partial charge is 0.416 e. The summed E-state index contributed by atoms with van der Waals surface area (Å²) >= 11 is 1.11. The van der Waals surface area contributed by atoms with Gasteiger partial charge in [0.15, 0.2) is 0 Å². The lowest BCUT2D eigenvalue weighted by atomic mass is 10.2. The first-order valence-corrected chi connectivity index (χ1v) is 7.02. The van der Waals surface area contributed by atoms with Crippen LogP contribution in [0.4, 0.5) is 18.9 Å². The quantitative estimate of drug-likeness (QED) is 0.871. The lowest BCUT2D eigenvalue weighted by molar-refractivity contribution is -0.137. The Balaban J connectivity index is 2.04. The summed E-state index contributed by atoms with van der Waals surface area (Å²) in [5.74, 6) is -0.438. The van der Waals surface area contributed by atoms with Gasteiger partial charge in [-0.2, -0.15) is 13.2 Å². The maximum atomic E-state index is 12.6. The van der Waals surface area contributed by atoms with Gasteiger partial charge in [-0.05, 0) is 35.5 Å². The zero-order valence-corrected chi connectivity index (χ0v) is 12.4. The second-order valence-corrected chi connectivity index (χ2v) is 5.72. The molecule has 2 rings (SSSR count). The van der Waals surface area contributed by atoms with Gasteiger partial charge in [-0.1, -0.05) is 17.8 Å². The average molecular weight is 331 g/mol. The molecule has 1 atom stereocenters. The SMILES string of the molecule is CC(Sc1nnnn1C)C(=O)Nc1cccc(C(F)(F)F)c1. The molecule has 0 radical (unpaired) electrons. The summed E-state index contributed by atoms with van der Waals surface area (Å²) in [7, 11) is 1.62. The van der Waals surface area contributed by atoms with Crippen LogP contribution in [0, 0.1) is 0 Å². The summed E-state index contributed by atoms with van der Waals surface area (Å²) in [6.45, 7) is 1.61. The zero-order valence-electron chi connectivity index (χ0n) is 11.6. The molecule has 0 aliphatic rings. The van der Waals surface area contributed by atoms with Crippen LogP contribution >= 0.6 is 11.8 Å². The predicted molar refractivity (Wildman–Crippen MR) is 74.2 cm³/mol. The van der Waals surface area contributed by atoms with E-state index in [4.69, 9.17) is 0 Å². The first-order valence-electron chi connectivity index (χ1n) is 6.14. The Hall–Kier alpha value is -2.10. The van der Waals surface area contributed by atoms with Gasteiger partial charge in [0, 0.05) is 12.7 Å². The molecule has 10 heteroatoms. The van der Waals surface area contributed by atoms with Crippen molar-refractivity contribution in [1.82, 2.24) is 20.2 Å². The highest BCUT2D eigenvalue weighted by atomic mass is 32.2. The molecule has 1 heterocycles. The van der Waals surface area contributed by atoms with Crippen molar-refractivity contribution in [2.24, 2.45) is 7.05 Å². The van der Waals surface area contributed by atoms with E-state index in [9.17, 15) is 18.0 Å². The number of nitrogens with zero attached hydrogens (tertiary/aromatic N) is 4. The Bertz CT molecular complexity index is 673. The van der Waals surface area contributed by atoms with E-state index in [1.54, 1.807) is 14.0 Å². The highest BCUT2D eigenvalue weighted by Crippen LogP contribution is 2.31. The molecule has 1 aromatic carbocycles. The first kappa shape index (κ1) is 16.3. The molecule has 0 aliphatic heterocycles. The van der Waals surface area contributed by atoms with Gasteiger partial charge < -0.3 is 5.32 Å². The van der Waals surface area contributed by atoms with Crippen molar-refractivity contribution in [3.8, 4) is 0 Å². The van der Waals surface area contributed by atoms with E-state index in [-0.39, 0.29) is 5.69 Å². The van der Waals surface area contributed by atoms with Crippen LogP contribution < -0.4 is 5.32 Å². The first-order chi connectivity index (χ1) is 10.3. The van der Waals surface area contributed by atoms with Gasteiger partial charge >= 0.3 is 6.18 Å². The van der Waals surface area contributed by atoms with Crippen LogP contribution in [0.15, 0.2) is 29.4 Å². The number of carbonyl (C=O) groups is 1. The molecule has 2 aromatic rings. The maximum Gasteiger partial charge on any atom is 0.416 e. The number of thioether (sulfide) groups is 1. The number of hydrogen-bond acceptors (Lipinski definition) is 5. The molecule has 0 bridgehead atoms. The number of anilines is 1.